The molecule has 0 saturated heterocycles. The molecule has 0 spiro atoms. The van der Waals surface area contributed by atoms with Crippen molar-refractivity contribution in [3.63, 3.8) is 0 Å². The average molecular weight is 320 g/mol. The van der Waals surface area contributed by atoms with Crippen LogP contribution in [0.25, 0.3) is 6.08 Å². The van der Waals surface area contributed by atoms with Crippen LogP contribution in [0.1, 0.15) is 25.0 Å². The third-order valence-electron chi connectivity index (χ3n) is 3.20. The molecule has 24 heavy (non-hydrogen) atoms. The maximum Gasteiger partial charge on any atom is 0.266 e. The van der Waals surface area contributed by atoms with Crippen LogP contribution in [0.5, 0.6) is 5.75 Å². The molecule has 0 aromatic heterocycles. The topological polar surface area (TPSA) is 62.1 Å². The smallest absolute Gasteiger partial charge is 0.266 e. The van der Waals surface area contributed by atoms with Gasteiger partial charge in [0.1, 0.15) is 17.4 Å². The van der Waals surface area contributed by atoms with Crippen molar-refractivity contribution in [2.45, 2.75) is 26.9 Å². The Morgan fingerprint density at radius 1 is 1.21 bits per heavy atom. The molecule has 1 N–H and O–H groups in total. The fourth-order valence-electron chi connectivity index (χ4n) is 2.15. The number of benzene rings is 2. The molecule has 2 aromatic carbocycles. The highest BCUT2D eigenvalue weighted by atomic mass is 16.5. The monoisotopic (exact) mass is 320 g/mol. The van der Waals surface area contributed by atoms with Gasteiger partial charge in [0.2, 0.25) is 0 Å². The van der Waals surface area contributed by atoms with Crippen LogP contribution in [0.4, 0.5) is 5.69 Å². The van der Waals surface area contributed by atoms with Gasteiger partial charge in [-0.15, -0.1) is 0 Å². The number of anilines is 1. The Bertz CT molecular complexity index is 784. The van der Waals surface area contributed by atoms with Crippen LogP contribution in [0.2, 0.25) is 0 Å². The number of carbonyl (C=O) groups is 1. The van der Waals surface area contributed by atoms with Crippen LogP contribution in [0.3, 0.4) is 0 Å². The van der Waals surface area contributed by atoms with Crippen LogP contribution < -0.4 is 10.1 Å². The summed E-state index contributed by atoms with van der Waals surface area (Å²) < 4.78 is 5.57. The Labute approximate surface area is 142 Å². The summed E-state index contributed by atoms with van der Waals surface area (Å²) in [6, 6.07) is 16.7. The fourth-order valence-corrected chi connectivity index (χ4v) is 2.15. The summed E-state index contributed by atoms with van der Waals surface area (Å²) in [7, 11) is 0. The van der Waals surface area contributed by atoms with Gasteiger partial charge < -0.3 is 10.1 Å². The number of carbonyl (C=O) groups excluding carboxylic acids is 1. The van der Waals surface area contributed by atoms with Crippen LogP contribution >= 0.6 is 0 Å². The van der Waals surface area contributed by atoms with Crippen LogP contribution in [-0.4, -0.2) is 12.0 Å². The van der Waals surface area contributed by atoms with Crippen molar-refractivity contribution in [1.29, 1.82) is 5.26 Å². The maximum atomic E-state index is 12.2. The summed E-state index contributed by atoms with van der Waals surface area (Å²) in [5.41, 5.74) is 2.52. The number of nitriles is 1. The number of aryl methyl sites for hydroxylation is 1. The third kappa shape index (κ3) is 4.99. The summed E-state index contributed by atoms with van der Waals surface area (Å²) in [5, 5.41) is 12.0. The normalized spacial score (nSPS) is 11.0. The first kappa shape index (κ1) is 17.3. The maximum absolute atomic E-state index is 12.2. The molecule has 1 amide bonds. The van der Waals surface area contributed by atoms with Crippen LogP contribution in [-0.2, 0) is 4.79 Å². The molecule has 0 unspecified atom stereocenters. The van der Waals surface area contributed by atoms with Crippen molar-refractivity contribution in [3.8, 4) is 11.8 Å². The van der Waals surface area contributed by atoms with Gasteiger partial charge in [-0.05, 0) is 62.2 Å². The number of amides is 1. The van der Waals surface area contributed by atoms with Crippen molar-refractivity contribution < 1.29 is 9.53 Å². The van der Waals surface area contributed by atoms with Gasteiger partial charge in [-0.3, -0.25) is 4.79 Å². The van der Waals surface area contributed by atoms with Crippen molar-refractivity contribution in [2.75, 3.05) is 5.32 Å². The van der Waals surface area contributed by atoms with Gasteiger partial charge >= 0.3 is 0 Å². The molecule has 2 rings (SSSR count). The average Bonchev–Trinajstić information content (AvgIpc) is 2.53. The number of nitrogens with zero attached hydrogens (tertiary/aromatic N) is 1. The predicted octanol–water partition coefficient (Wildman–Crippen LogP) is 4.33. The van der Waals surface area contributed by atoms with E-state index in [-0.39, 0.29) is 11.7 Å². The summed E-state index contributed by atoms with van der Waals surface area (Å²) >= 11 is 0. The number of hydrogen-bond donors (Lipinski definition) is 1. The molecule has 2 aromatic rings. The standard InChI is InChI=1S/C20H20N2O2/c1-14(2)24-19-9-7-16(8-10-19)12-17(13-21)20(23)22-18-6-4-5-15(3)11-18/h4-12,14H,1-3H3,(H,22,23)/b17-12+. The first-order valence-corrected chi connectivity index (χ1v) is 7.74. The molecule has 4 nitrogen and oxygen atoms in total. The van der Waals surface area contributed by atoms with Crippen LogP contribution in [0.15, 0.2) is 54.1 Å². The van der Waals surface area contributed by atoms with Crippen molar-refractivity contribution in [3.05, 3.63) is 65.2 Å². The predicted molar refractivity (Wildman–Crippen MR) is 95.6 cm³/mol. The number of rotatable bonds is 5. The first-order chi connectivity index (χ1) is 11.5. The lowest BCUT2D eigenvalue weighted by atomic mass is 10.1. The van der Waals surface area contributed by atoms with E-state index in [9.17, 15) is 10.1 Å². The first-order valence-electron chi connectivity index (χ1n) is 7.74. The lowest BCUT2D eigenvalue weighted by molar-refractivity contribution is -0.112. The van der Waals surface area contributed by atoms with E-state index in [1.165, 1.54) is 0 Å². The second kappa shape index (κ2) is 7.98. The zero-order valence-corrected chi connectivity index (χ0v) is 14.0. The quantitative estimate of drug-likeness (QED) is 0.659. The zero-order valence-electron chi connectivity index (χ0n) is 14.0. The number of hydrogen-bond acceptors (Lipinski definition) is 3. The van der Waals surface area contributed by atoms with E-state index in [2.05, 4.69) is 5.32 Å². The van der Waals surface area contributed by atoms with E-state index in [1.807, 2.05) is 69.3 Å². The molecule has 0 fully saturated rings. The van der Waals surface area contributed by atoms with Crippen molar-refractivity contribution >= 4 is 17.7 Å². The second-order valence-corrected chi connectivity index (χ2v) is 5.73. The Morgan fingerprint density at radius 2 is 1.92 bits per heavy atom. The van der Waals surface area contributed by atoms with E-state index in [1.54, 1.807) is 12.1 Å². The van der Waals surface area contributed by atoms with Crippen molar-refractivity contribution in [2.24, 2.45) is 0 Å². The Morgan fingerprint density at radius 3 is 2.50 bits per heavy atom. The Balaban J connectivity index is 2.13. The highest BCUT2D eigenvalue weighted by Crippen LogP contribution is 2.17. The van der Waals surface area contributed by atoms with E-state index in [0.717, 1.165) is 16.9 Å². The van der Waals surface area contributed by atoms with Gasteiger partial charge in [-0.2, -0.15) is 5.26 Å². The lowest BCUT2D eigenvalue weighted by Gasteiger charge is -2.09. The molecule has 0 atom stereocenters. The Hall–Kier alpha value is -3.06. The van der Waals surface area contributed by atoms with E-state index in [0.29, 0.717) is 5.69 Å². The minimum absolute atomic E-state index is 0.0500. The van der Waals surface area contributed by atoms with Gasteiger partial charge in [-0.1, -0.05) is 24.3 Å². The molecule has 0 saturated carbocycles. The molecular weight excluding hydrogens is 300 g/mol. The van der Waals surface area contributed by atoms with Gasteiger partial charge in [0.15, 0.2) is 0 Å². The summed E-state index contributed by atoms with van der Waals surface area (Å²) in [6.45, 7) is 5.85. The van der Waals surface area contributed by atoms with Gasteiger partial charge in [-0.25, -0.2) is 0 Å². The lowest BCUT2D eigenvalue weighted by Crippen LogP contribution is -2.13. The Kier molecular flexibility index (Phi) is 5.75. The van der Waals surface area contributed by atoms with Crippen LogP contribution in [0, 0.1) is 18.3 Å². The number of ether oxygens (including phenoxy) is 1. The van der Waals surface area contributed by atoms with Gasteiger partial charge in [0, 0.05) is 5.69 Å². The zero-order chi connectivity index (χ0) is 17.5. The molecule has 122 valence electrons. The molecule has 0 heterocycles. The molecule has 4 heteroatoms. The van der Waals surface area contributed by atoms with Gasteiger partial charge in [0.25, 0.3) is 5.91 Å². The highest BCUT2D eigenvalue weighted by Gasteiger charge is 2.09. The largest absolute Gasteiger partial charge is 0.491 e. The highest BCUT2D eigenvalue weighted by molar-refractivity contribution is 6.09. The number of nitrogens with one attached hydrogen (secondary N) is 1. The summed E-state index contributed by atoms with van der Waals surface area (Å²) in [6.07, 6.45) is 1.66. The SMILES string of the molecule is Cc1cccc(NC(=O)/C(C#N)=C/c2ccc(OC(C)C)cc2)c1. The van der Waals surface area contributed by atoms with E-state index < -0.39 is 5.91 Å². The molecule has 0 aliphatic rings. The minimum Gasteiger partial charge on any atom is -0.491 e. The molecule has 0 bridgehead atoms. The van der Waals surface area contributed by atoms with Crippen molar-refractivity contribution in [1.82, 2.24) is 0 Å². The third-order valence-corrected chi connectivity index (χ3v) is 3.20. The molecular formula is C20H20N2O2. The molecule has 0 aliphatic heterocycles. The minimum atomic E-state index is -0.425. The second-order valence-electron chi connectivity index (χ2n) is 5.73. The summed E-state index contributed by atoms with van der Waals surface area (Å²) in [5.74, 6) is 0.329. The molecule has 0 aliphatic carbocycles. The fraction of sp³-hybridized carbons (Fsp3) is 0.200. The molecule has 0 radical (unpaired) electrons. The summed E-state index contributed by atoms with van der Waals surface area (Å²) in [4.78, 5) is 12.2. The van der Waals surface area contributed by atoms with E-state index >= 15 is 0 Å². The van der Waals surface area contributed by atoms with E-state index in [4.69, 9.17) is 4.74 Å². The van der Waals surface area contributed by atoms with Gasteiger partial charge in [0.05, 0.1) is 6.10 Å².